The monoisotopic (exact) mass is 527 g/mol. The van der Waals surface area contributed by atoms with E-state index in [1.807, 2.05) is 13.8 Å². The Morgan fingerprint density at radius 2 is 1.75 bits per heavy atom. The Morgan fingerprint density at radius 1 is 1.08 bits per heavy atom. The van der Waals surface area contributed by atoms with Crippen molar-refractivity contribution in [3.8, 4) is 5.75 Å². The maximum Gasteiger partial charge on any atom is 0.573 e. The number of hydrogen-bond acceptors (Lipinski definition) is 5. The molecule has 1 amide bonds. The third-order valence-corrected chi connectivity index (χ3v) is 6.44. The summed E-state index contributed by atoms with van der Waals surface area (Å²) < 4.78 is 69.9. The minimum Gasteiger partial charge on any atom is -0.480 e. The highest BCUT2D eigenvalue weighted by atomic mass is 32.2. The number of aromatic nitrogens is 1. The second-order valence-corrected chi connectivity index (χ2v) is 10.1. The molecule has 0 aliphatic carbocycles. The van der Waals surface area contributed by atoms with E-state index < -0.39 is 40.1 Å². The Hall–Kier alpha value is -3.74. The predicted molar refractivity (Wildman–Crippen MR) is 125 cm³/mol. The SMILES string of the molecule is CC(C)C[C@H](NC(=O)Cn1ccc2cc(NS(=O)(=O)c3ccc(OC(F)(F)F)cc3)ccc21)C(=O)O. The van der Waals surface area contributed by atoms with Crippen LogP contribution in [0.25, 0.3) is 10.9 Å². The Balaban J connectivity index is 1.71. The number of nitrogens with one attached hydrogen (secondary N) is 2. The molecule has 0 spiro atoms. The number of fused-ring (bicyclic) bond motifs is 1. The lowest BCUT2D eigenvalue weighted by molar-refractivity contribution is -0.274. The number of alkyl halides is 3. The summed E-state index contributed by atoms with van der Waals surface area (Å²) in [6.45, 7) is 3.57. The first kappa shape index (κ1) is 26.9. The van der Waals surface area contributed by atoms with Crippen LogP contribution in [-0.4, -0.2) is 42.4 Å². The Bertz CT molecular complexity index is 1350. The Morgan fingerprint density at radius 3 is 2.33 bits per heavy atom. The van der Waals surface area contributed by atoms with Gasteiger partial charge in [-0.05, 0) is 60.9 Å². The fourth-order valence-electron chi connectivity index (χ4n) is 3.52. The van der Waals surface area contributed by atoms with E-state index in [9.17, 15) is 36.3 Å². The number of aliphatic carboxylic acids is 1. The number of rotatable bonds is 10. The van der Waals surface area contributed by atoms with Crippen molar-refractivity contribution < 1.29 is 41.0 Å². The molecule has 13 heteroatoms. The zero-order valence-corrected chi connectivity index (χ0v) is 20.1. The van der Waals surface area contributed by atoms with Crippen LogP contribution in [0, 0.1) is 5.92 Å². The molecular formula is C23H24F3N3O6S. The molecule has 0 unspecified atom stereocenters. The molecule has 0 aliphatic heterocycles. The van der Waals surface area contributed by atoms with Gasteiger partial charge in [0.25, 0.3) is 10.0 Å². The normalized spacial score (nSPS) is 12.9. The van der Waals surface area contributed by atoms with Gasteiger partial charge in [-0.15, -0.1) is 13.2 Å². The molecule has 9 nitrogen and oxygen atoms in total. The van der Waals surface area contributed by atoms with Crippen LogP contribution in [0.3, 0.4) is 0 Å². The summed E-state index contributed by atoms with van der Waals surface area (Å²) in [5, 5.41) is 12.4. The number of carboxylic acids is 1. The maximum absolute atomic E-state index is 12.6. The van der Waals surface area contributed by atoms with Crippen molar-refractivity contribution in [2.45, 2.75) is 44.1 Å². The lowest BCUT2D eigenvalue weighted by Gasteiger charge is -2.17. The van der Waals surface area contributed by atoms with Crippen molar-refractivity contribution in [2.24, 2.45) is 5.92 Å². The number of benzene rings is 2. The first-order valence-electron chi connectivity index (χ1n) is 10.7. The molecule has 1 atom stereocenters. The zero-order chi connectivity index (χ0) is 26.7. The third-order valence-electron chi connectivity index (χ3n) is 5.05. The van der Waals surface area contributed by atoms with Crippen LogP contribution in [0.1, 0.15) is 20.3 Å². The first-order chi connectivity index (χ1) is 16.7. The van der Waals surface area contributed by atoms with Crippen molar-refractivity contribution in [1.82, 2.24) is 9.88 Å². The van der Waals surface area contributed by atoms with E-state index in [1.165, 1.54) is 12.1 Å². The van der Waals surface area contributed by atoms with Gasteiger partial charge in [-0.3, -0.25) is 9.52 Å². The van der Waals surface area contributed by atoms with Gasteiger partial charge in [-0.2, -0.15) is 0 Å². The van der Waals surface area contributed by atoms with Gasteiger partial charge in [-0.1, -0.05) is 13.8 Å². The molecule has 3 N–H and O–H groups in total. The van der Waals surface area contributed by atoms with Crippen molar-refractivity contribution >= 4 is 38.5 Å². The average Bonchev–Trinajstić information content (AvgIpc) is 3.13. The van der Waals surface area contributed by atoms with Crippen molar-refractivity contribution in [2.75, 3.05) is 4.72 Å². The molecule has 0 radical (unpaired) electrons. The number of carboxylic acid groups (broad SMARTS) is 1. The van der Waals surface area contributed by atoms with Gasteiger partial charge in [0.05, 0.1) is 4.90 Å². The highest BCUT2D eigenvalue weighted by Gasteiger charge is 2.31. The number of carbonyl (C=O) groups is 2. The molecule has 1 aromatic heterocycles. The van der Waals surface area contributed by atoms with Gasteiger partial charge in [-0.25, -0.2) is 13.2 Å². The number of hydrogen-bond donors (Lipinski definition) is 3. The van der Waals surface area contributed by atoms with E-state index in [0.717, 1.165) is 24.3 Å². The van der Waals surface area contributed by atoms with Crippen LogP contribution < -0.4 is 14.8 Å². The summed E-state index contributed by atoms with van der Waals surface area (Å²) in [6, 6.07) is 9.00. The maximum atomic E-state index is 12.6. The van der Waals surface area contributed by atoms with Gasteiger partial charge >= 0.3 is 12.3 Å². The van der Waals surface area contributed by atoms with Crippen LogP contribution in [0.5, 0.6) is 5.75 Å². The number of halogens is 3. The largest absolute Gasteiger partial charge is 0.573 e. The summed E-state index contributed by atoms with van der Waals surface area (Å²) >= 11 is 0. The van der Waals surface area contributed by atoms with Gasteiger partial charge in [0.15, 0.2) is 0 Å². The minimum absolute atomic E-state index is 0.0761. The van der Waals surface area contributed by atoms with Crippen molar-refractivity contribution in [3.05, 3.63) is 54.7 Å². The standard InChI is InChI=1S/C23H24F3N3O6S/c1-14(2)11-19(22(31)32)27-21(30)13-29-10-9-15-12-16(3-8-20(15)29)28-36(33,34)18-6-4-17(5-7-18)35-23(24,25)26/h3-10,12,14,19,28H,11,13H2,1-2H3,(H,27,30)(H,31,32)/t19-/m0/s1. The van der Waals surface area contributed by atoms with Crippen LogP contribution in [-0.2, 0) is 26.2 Å². The quantitative estimate of drug-likeness (QED) is 0.366. The molecule has 36 heavy (non-hydrogen) atoms. The molecule has 0 bridgehead atoms. The minimum atomic E-state index is -4.89. The molecule has 1 heterocycles. The summed E-state index contributed by atoms with van der Waals surface area (Å²) in [5.41, 5.74) is 0.806. The zero-order valence-electron chi connectivity index (χ0n) is 19.2. The number of anilines is 1. The lowest BCUT2D eigenvalue weighted by atomic mass is 10.0. The van der Waals surface area contributed by atoms with Gasteiger partial charge in [0.1, 0.15) is 18.3 Å². The van der Waals surface area contributed by atoms with E-state index in [-0.39, 0.29) is 29.5 Å². The summed E-state index contributed by atoms with van der Waals surface area (Å²) in [5.74, 6) is -2.07. The summed E-state index contributed by atoms with van der Waals surface area (Å²) in [4.78, 5) is 23.5. The van der Waals surface area contributed by atoms with E-state index >= 15 is 0 Å². The Labute approximate surface area is 204 Å². The van der Waals surface area contributed by atoms with E-state index in [4.69, 9.17) is 0 Å². The molecule has 3 aromatic rings. The number of carbonyl (C=O) groups excluding carboxylic acids is 1. The summed E-state index contributed by atoms with van der Waals surface area (Å²) in [6.07, 6.45) is -2.99. The number of ether oxygens (including phenoxy) is 1. The second kappa shape index (κ2) is 10.5. The van der Waals surface area contributed by atoms with Crippen LogP contribution in [0.15, 0.2) is 59.6 Å². The highest BCUT2D eigenvalue weighted by molar-refractivity contribution is 7.92. The Kier molecular flexibility index (Phi) is 7.82. The number of amides is 1. The van der Waals surface area contributed by atoms with Crippen LogP contribution in [0.2, 0.25) is 0 Å². The van der Waals surface area contributed by atoms with Gasteiger partial charge in [0, 0.05) is 22.8 Å². The fourth-order valence-corrected chi connectivity index (χ4v) is 4.57. The average molecular weight is 528 g/mol. The van der Waals surface area contributed by atoms with Gasteiger partial charge in [0.2, 0.25) is 5.91 Å². The number of nitrogens with zero attached hydrogens (tertiary/aromatic N) is 1. The first-order valence-corrected chi connectivity index (χ1v) is 12.2. The number of sulfonamides is 1. The fraction of sp³-hybridized carbons (Fsp3) is 0.304. The van der Waals surface area contributed by atoms with Gasteiger partial charge < -0.3 is 19.7 Å². The van der Waals surface area contributed by atoms with E-state index in [0.29, 0.717) is 10.9 Å². The smallest absolute Gasteiger partial charge is 0.480 e. The highest BCUT2D eigenvalue weighted by Crippen LogP contribution is 2.26. The third kappa shape index (κ3) is 7.13. The second-order valence-electron chi connectivity index (χ2n) is 8.43. The molecule has 194 valence electrons. The molecule has 0 fully saturated rings. The molecule has 3 rings (SSSR count). The van der Waals surface area contributed by atoms with Crippen molar-refractivity contribution in [3.63, 3.8) is 0 Å². The molecule has 0 aliphatic rings. The molecule has 0 saturated heterocycles. The molecular weight excluding hydrogens is 503 g/mol. The molecule has 0 saturated carbocycles. The van der Waals surface area contributed by atoms with E-state index in [1.54, 1.807) is 22.9 Å². The topological polar surface area (TPSA) is 127 Å². The predicted octanol–water partition coefficient (Wildman–Crippen LogP) is 3.96. The van der Waals surface area contributed by atoms with Crippen molar-refractivity contribution in [1.29, 1.82) is 0 Å². The van der Waals surface area contributed by atoms with E-state index in [2.05, 4.69) is 14.8 Å². The lowest BCUT2D eigenvalue weighted by Crippen LogP contribution is -2.43. The van der Waals surface area contributed by atoms with Crippen LogP contribution >= 0.6 is 0 Å². The molecule has 2 aromatic carbocycles. The summed E-state index contributed by atoms with van der Waals surface area (Å²) in [7, 11) is -4.10. The van der Waals surface area contributed by atoms with Crippen LogP contribution in [0.4, 0.5) is 18.9 Å².